The third kappa shape index (κ3) is 1.66. The third-order valence-corrected chi connectivity index (χ3v) is 2.29. The molecule has 0 fully saturated rings. The van der Waals surface area contributed by atoms with E-state index < -0.39 is 0 Å². The molecule has 4 nitrogen and oxygen atoms in total. The maximum absolute atomic E-state index is 5.37. The topological polar surface area (TPSA) is 56.5 Å². The molecule has 3 N–H and O–H groups in total. The Morgan fingerprint density at radius 1 is 1.36 bits per heavy atom. The van der Waals surface area contributed by atoms with Gasteiger partial charge in [-0.2, -0.15) is 0 Å². The Morgan fingerprint density at radius 3 is 2.79 bits per heavy atom. The van der Waals surface area contributed by atoms with Crippen LogP contribution in [0.25, 0.3) is 0 Å². The fraction of sp³-hybridized carbons (Fsp3) is 0.400. The van der Waals surface area contributed by atoms with Gasteiger partial charge in [0.05, 0.1) is 0 Å². The molecule has 0 spiro atoms. The van der Waals surface area contributed by atoms with E-state index in [0.717, 1.165) is 18.0 Å². The summed E-state index contributed by atoms with van der Waals surface area (Å²) in [4.78, 5) is 0. The highest BCUT2D eigenvalue weighted by molar-refractivity contribution is 5.48. The summed E-state index contributed by atoms with van der Waals surface area (Å²) in [5, 5.41) is 3.08. The first-order valence-electron chi connectivity index (χ1n) is 4.61. The van der Waals surface area contributed by atoms with Gasteiger partial charge in [-0.15, -0.1) is 0 Å². The normalized spacial score (nSPS) is 13.3. The van der Waals surface area contributed by atoms with Crippen molar-refractivity contribution in [2.75, 3.05) is 13.5 Å². The molecule has 4 heteroatoms. The molecule has 1 heterocycles. The molecule has 76 valence electrons. The second-order valence-corrected chi connectivity index (χ2v) is 3.26. The van der Waals surface area contributed by atoms with E-state index in [1.165, 1.54) is 11.1 Å². The Bertz CT molecular complexity index is 339. The van der Waals surface area contributed by atoms with Crippen molar-refractivity contribution in [2.45, 2.75) is 13.5 Å². The van der Waals surface area contributed by atoms with Crippen LogP contribution in [-0.2, 0) is 6.54 Å². The summed E-state index contributed by atoms with van der Waals surface area (Å²) in [6.45, 7) is 3.62. The molecule has 0 aromatic heterocycles. The van der Waals surface area contributed by atoms with Gasteiger partial charge in [0.2, 0.25) is 6.79 Å². The summed E-state index contributed by atoms with van der Waals surface area (Å²) in [6, 6.07) is 4.00. The van der Waals surface area contributed by atoms with Crippen LogP contribution in [0.15, 0.2) is 12.1 Å². The van der Waals surface area contributed by atoms with E-state index >= 15 is 0 Å². The largest absolute Gasteiger partial charge is 0.454 e. The summed E-state index contributed by atoms with van der Waals surface area (Å²) >= 11 is 0. The third-order valence-electron chi connectivity index (χ3n) is 2.29. The first-order chi connectivity index (χ1) is 6.81. The number of ether oxygens (including phenoxy) is 2. The maximum atomic E-state index is 5.37. The number of rotatable bonds is 3. The van der Waals surface area contributed by atoms with Crippen LogP contribution in [0.5, 0.6) is 11.5 Å². The molecule has 1 aromatic rings. The minimum atomic E-state index is 0.322. The van der Waals surface area contributed by atoms with Crippen LogP contribution < -0.4 is 20.5 Å². The van der Waals surface area contributed by atoms with Crippen molar-refractivity contribution in [3.8, 4) is 11.5 Å². The van der Waals surface area contributed by atoms with Crippen molar-refractivity contribution in [1.29, 1.82) is 0 Å². The summed E-state index contributed by atoms with van der Waals surface area (Å²) in [5.74, 6) is 1.66. The molecular weight excluding hydrogens is 180 g/mol. The Morgan fingerprint density at radius 2 is 2.07 bits per heavy atom. The van der Waals surface area contributed by atoms with Crippen LogP contribution in [-0.4, -0.2) is 13.5 Å². The van der Waals surface area contributed by atoms with Crippen LogP contribution in [0.1, 0.15) is 11.1 Å². The second-order valence-electron chi connectivity index (χ2n) is 3.26. The number of nitrogens with one attached hydrogen (secondary N) is 1. The smallest absolute Gasteiger partial charge is 0.231 e. The molecule has 1 aliphatic rings. The van der Waals surface area contributed by atoms with Gasteiger partial charge in [0.15, 0.2) is 11.5 Å². The molecule has 0 unspecified atom stereocenters. The molecule has 0 atom stereocenters. The van der Waals surface area contributed by atoms with Gasteiger partial charge in [-0.3, -0.25) is 0 Å². The van der Waals surface area contributed by atoms with Gasteiger partial charge in [0.25, 0.3) is 0 Å². The lowest BCUT2D eigenvalue weighted by molar-refractivity contribution is 0.174. The van der Waals surface area contributed by atoms with Gasteiger partial charge in [-0.05, 0) is 30.2 Å². The molecule has 0 saturated carbocycles. The quantitative estimate of drug-likeness (QED) is 0.696. The number of benzene rings is 1. The highest BCUT2D eigenvalue weighted by Gasteiger charge is 2.14. The molecule has 0 aliphatic carbocycles. The summed E-state index contributed by atoms with van der Waals surface area (Å²) in [5.41, 5.74) is 7.76. The number of hydrogen-bond donors (Lipinski definition) is 2. The van der Waals surface area contributed by atoms with E-state index in [9.17, 15) is 0 Å². The minimum Gasteiger partial charge on any atom is -0.454 e. The van der Waals surface area contributed by atoms with Crippen LogP contribution >= 0.6 is 0 Å². The van der Waals surface area contributed by atoms with Crippen molar-refractivity contribution < 1.29 is 9.47 Å². The molecular formula is C10H14N2O2. The molecule has 0 amide bonds. The molecule has 14 heavy (non-hydrogen) atoms. The van der Waals surface area contributed by atoms with E-state index in [4.69, 9.17) is 15.2 Å². The average Bonchev–Trinajstić information content (AvgIpc) is 2.61. The van der Waals surface area contributed by atoms with E-state index in [0.29, 0.717) is 13.5 Å². The zero-order chi connectivity index (χ0) is 9.97. The summed E-state index contributed by atoms with van der Waals surface area (Å²) < 4.78 is 10.6. The molecule has 0 bridgehead atoms. The maximum Gasteiger partial charge on any atom is 0.231 e. The van der Waals surface area contributed by atoms with Crippen LogP contribution in [0.2, 0.25) is 0 Å². The summed E-state index contributed by atoms with van der Waals surface area (Å²) in [6.07, 6.45) is 0. The molecule has 1 aliphatic heterocycles. The molecule has 2 rings (SSSR count). The Balaban J connectivity index is 2.23. The SMILES string of the molecule is Cc1cc2c(cc1CNCN)OCO2. The lowest BCUT2D eigenvalue weighted by Gasteiger charge is -2.07. The minimum absolute atomic E-state index is 0.322. The van der Waals surface area contributed by atoms with Gasteiger partial charge in [0.1, 0.15) is 0 Å². The Hall–Kier alpha value is -1.26. The Kier molecular flexibility index (Phi) is 2.56. The standard InChI is InChI=1S/C10H14N2O2/c1-7-2-9-10(14-6-13-9)3-8(7)4-12-5-11/h2-3,12H,4-6,11H2,1H3. The van der Waals surface area contributed by atoms with E-state index in [-0.39, 0.29) is 0 Å². The number of hydrogen-bond acceptors (Lipinski definition) is 4. The summed E-state index contributed by atoms with van der Waals surface area (Å²) in [7, 11) is 0. The molecule has 0 radical (unpaired) electrons. The van der Waals surface area contributed by atoms with Gasteiger partial charge in [-0.1, -0.05) is 0 Å². The number of fused-ring (bicyclic) bond motifs is 1. The average molecular weight is 194 g/mol. The van der Waals surface area contributed by atoms with Gasteiger partial charge < -0.3 is 20.5 Å². The van der Waals surface area contributed by atoms with Gasteiger partial charge in [0, 0.05) is 13.2 Å². The van der Waals surface area contributed by atoms with Crippen molar-refractivity contribution in [3.05, 3.63) is 23.3 Å². The second kappa shape index (κ2) is 3.86. The Labute approximate surface area is 83.0 Å². The first-order valence-corrected chi connectivity index (χ1v) is 4.61. The van der Waals surface area contributed by atoms with E-state index in [1.54, 1.807) is 0 Å². The van der Waals surface area contributed by atoms with E-state index in [1.807, 2.05) is 12.1 Å². The van der Waals surface area contributed by atoms with Crippen molar-refractivity contribution in [1.82, 2.24) is 5.32 Å². The number of aryl methyl sites for hydroxylation is 1. The van der Waals surface area contributed by atoms with Crippen LogP contribution in [0, 0.1) is 6.92 Å². The van der Waals surface area contributed by atoms with Crippen molar-refractivity contribution >= 4 is 0 Å². The van der Waals surface area contributed by atoms with Crippen LogP contribution in [0.4, 0.5) is 0 Å². The number of nitrogens with two attached hydrogens (primary N) is 1. The zero-order valence-electron chi connectivity index (χ0n) is 8.17. The highest BCUT2D eigenvalue weighted by atomic mass is 16.7. The first kappa shape index (κ1) is 9.30. The van der Waals surface area contributed by atoms with Crippen LogP contribution in [0.3, 0.4) is 0 Å². The lowest BCUT2D eigenvalue weighted by atomic mass is 10.1. The van der Waals surface area contributed by atoms with Crippen molar-refractivity contribution in [2.24, 2.45) is 5.73 Å². The molecule has 0 saturated heterocycles. The molecule has 1 aromatic carbocycles. The highest BCUT2D eigenvalue weighted by Crippen LogP contribution is 2.34. The predicted octanol–water partition coefficient (Wildman–Crippen LogP) is 0.730. The fourth-order valence-corrected chi connectivity index (χ4v) is 1.48. The lowest BCUT2D eigenvalue weighted by Crippen LogP contribution is -2.21. The zero-order valence-corrected chi connectivity index (χ0v) is 8.17. The fourth-order valence-electron chi connectivity index (χ4n) is 1.48. The predicted molar refractivity (Wildman–Crippen MR) is 53.2 cm³/mol. The van der Waals surface area contributed by atoms with E-state index in [2.05, 4.69) is 12.2 Å². The van der Waals surface area contributed by atoms with Gasteiger partial charge in [-0.25, -0.2) is 0 Å². The monoisotopic (exact) mass is 194 g/mol. The van der Waals surface area contributed by atoms with Gasteiger partial charge >= 0.3 is 0 Å². The van der Waals surface area contributed by atoms with Crippen molar-refractivity contribution in [3.63, 3.8) is 0 Å².